The fourth-order valence-electron chi connectivity index (χ4n) is 1.13. The van der Waals surface area contributed by atoms with Crippen molar-refractivity contribution in [3.8, 4) is 0 Å². The van der Waals surface area contributed by atoms with Crippen molar-refractivity contribution in [1.82, 2.24) is 0 Å². The largest absolute Gasteiger partial charge is 0.462 e. The Kier molecular flexibility index (Phi) is 3.95. The van der Waals surface area contributed by atoms with Gasteiger partial charge in [0.25, 0.3) is 0 Å². The van der Waals surface area contributed by atoms with E-state index in [1.165, 1.54) is 0 Å². The van der Waals surface area contributed by atoms with Crippen LogP contribution in [-0.4, -0.2) is 16.8 Å². The second-order valence-corrected chi connectivity index (χ2v) is 2.93. The lowest BCUT2D eigenvalue weighted by Gasteiger charge is -2.06. The van der Waals surface area contributed by atoms with Gasteiger partial charge in [0.1, 0.15) is 18.1 Å². The summed E-state index contributed by atoms with van der Waals surface area (Å²) in [6.45, 7) is 0.0357. The zero-order valence-corrected chi connectivity index (χ0v) is 7.44. The highest BCUT2D eigenvalue weighted by atomic mass is 16.4. The maximum Gasteiger partial charge on any atom is 0.129 e. The SMILES string of the molecule is N[C@H](CCCO)c1ccc(CO)o1. The molecule has 0 aliphatic carbocycles. The summed E-state index contributed by atoms with van der Waals surface area (Å²) in [7, 11) is 0. The van der Waals surface area contributed by atoms with Crippen molar-refractivity contribution in [3.63, 3.8) is 0 Å². The number of aliphatic hydroxyl groups is 2. The normalized spacial score (nSPS) is 13.2. The molecule has 0 saturated heterocycles. The summed E-state index contributed by atoms with van der Waals surface area (Å²) < 4.78 is 5.23. The van der Waals surface area contributed by atoms with Gasteiger partial charge in [-0.2, -0.15) is 0 Å². The summed E-state index contributed by atoms with van der Waals surface area (Å²) >= 11 is 0. The van der Waals surface area contributed by atoms with Gasteiger partial charge in [-0.1, -0.05) is 0 Å². The number of nitrogens with two attached hydrogens (primary N) is 1. The van der Waals surface area contributed by atoms with Gasteiger partial charge in [0, 0.05) is 6.61 Å². The Morgan fingerprint density at radius 2 is 2.15 bits per heavy atom. The Morgan fingerprint density at radius 3 is 2.69 bits per heavy atom. The molecule has 0 saturated carbocycles. The molecule has 1 heterocycles. The van der Waals surface area contributed by atoms with Gasteiger partial charge < -0.3 is 20.4 Å². The molecular formula is C9H15NO3. The van der Waals surface area contributed by atoms with Crippen molar-refractivity contribution >= 4 is 0 Å². The van der Waals surface area contributed by atoms with Gasteiger partial charge >= 0.3 is 0 Å². The van der Waals surface area contributed by atoms with E-state index in [1.54, 1.807) is 12.1 Å². The van der Waals surface area contributed by atoms with Crippen LogP contribution in [0.3, 0.4) is 0 Å². The van der Waals surface area contributed by atoms with Crippen LogP contribution in [0.1, 0.15) is 30.4 Å². The minimum atomic E-state index is -0.188. The monoisotopic (exact) mass is 185 g/mol. The summed E-state index contributed by atoms with van der Waals surface area (Å²) in [6.07, 6.45) is 1.35. The molecule has 0 fully saturated rings. The fourth-order valence-corrected chi connectivity index (χ4v) is 1.13. The Morgan fingerprint density at radius 1 is 1.38 bits per heavy atom. The summed E-state index contributed by atoms with van der Waals surface area (Å²) in [5, 5.41) is 17.3. The average molecular weight is 185 g/mol. The van der Waals surface area contributed by atoms with Gasteiger partial charge in [-0.15, -0.1) is 0 Å². The quantitative estimate of drug-likeness (QED) is 0.625. The zero-order chi connectivity index (χ0) is 9.68. The highest BCUT2D eigenvalue weighted by Crippen LogP contribution is 2.18. The molecule has 0 unspecified atom stereocenters. The van der Waals surface area contributed by atoms with E-state index in [1.807, 2.05) is 0 Å². The van der Waals surface area contributed by atoms with E-state index in [9.17, 15) is 0 Å². The third kappa shape index (κ3) is 2.84. The van der Waals surface area contributed by atoms with Crippen LogP contribution in [-0.2, 0) is 6.61 Å². The molecule has 0 amide bonds. The molecule has 4 nitrogen and oxygen atoms in total. The molecule has 0 aliphatic rings. The Bertz CT molecular complexity index is 247. The van der Waals surface area contributed by atoms with Crippen LogP contribution in [0.5, 0.6) is 0 Å². The lowest BCUT2D eigenvalue weighted by atomic mass is 10.1. The third-order valence-electron chi connectivity index (χ3n) is 1.88. The van der Waals surface area contributed by atoms with Crippen LogP contribution in [0.2, 0.25) is 0 Å². The van der Waals surface area contributed by atoms with E-state index in [2.05, 4.69) is 0 Å². The van der Waals surface area contributed by atoms with E-state index >= 15 is 0 Å². The highest BCUT2D eigenvalue weighted by Gasteiger charge is 2.09. The van der Waals surface area contributed by atoms with Crippen LogP contribution in [0, 0.1) is 0 Å². The first-order valence-corrected chi connectivity index (χ1v) is 4.34. The smallest absolute Gasteiger partial charge is 0.129 e. The Balaban J connectivity index is 2.50. The molecule has 13 heavy (non-hydrogen) atoms. The molecule has 4 heteroatoms. The van der Waals surface area contributed by atoms with Crippen LogP contribution in [0.25, 0.3) is 0 Å². The van der Waals surface area contributed by atoms with E-state index in [-0.39, 0.29) is 19.3 Å². The molecule has 1 atom stereocenters. The van der Waals surface area contributed by atoms with Gasteiger partial charge in [0.05, 0.1) is 6.04 Å². The second kappa shape index (κ2) is 5.01. The van der Waals surface area contributed by atoms with E-state index in [4.69, 9.17) is 20.4 Å². The fraction of sp³-hybridized carbons (Fsp3) is 0.556. The topological polar surface area (TPSA) is 79.6 Å². The van der Waals surface area contributed by atoms with Crippen LogP contribution < -0.4 is 5.73 Å². The molecule has 0 bridgehead atoms. The third-order valence-corrected chi connectivity index (χ3v) is 1.88. The first-order valence-electron chi connectivity index (χ1n) is 4.34. The Labute approximate surface area is 77.0 Å². The number of hydrogen-bond donors (Lipinski definition) is 3. The maximum atomic E-state index is 8.73. The molecular weight excluding hydrogens is 170 g/mol. The molecule has 0 spiro atoms. The number of hydrogen-bond acceptors (Lipinski definition) is 4. The van der Waals surface area contributed by atoms with Crippen LogP contribution in [0.15, 0.2) is 16.5 Å². The highest BCUT2D eigenvalue weighted by molar-refractivity contribution is 5.09. The van der Waals surface area contributed by atoms with Crippen molar-refractivity contribution in [2.75, 3.05) is 6.61 Å². The minimum Gasteiger partial charge on any atom is -0.462 e. The van der Waals surface area contributed by atoms with E-state index in [0.29, 0.717) is 24.4 Å². The molecule has 1 aromatic heterocycles. The van der Waals surface area contributed by atoms with Crippen molar-refractivity contribution in [1.29, 1.82) is 0 Å². The number of furan rings is 1. The lowest BCUT2D eigenvalue weighted by molar-refractivity contribution is 0.238. The number of rotatable bonds is 5. The zero-order valence-electron chi connectivity index (χ0n) is 7.44. The van der Waals surface area contributed by atoms with E-state index < -0.39 is 0 Å². The standard InChI is InChI=1S/C9H15NO3/c10-8(2-1-5-11)9-4-3-7(6-12)13-9/h3-4,8,11-12H,1-2,5-6,10H2/t8-/m1/s1. The summed E-state index contributed by atoms with van der Waals surface area (Å²) in [5.74, 6) is 1.19. The molecule has 74 valence electrons. The van der Waals surface area contributed by atoms with Gasteiger partial charge in [-0.05, 0) is 25.0 Å². The predicted octanol–water partition coefficient (Wildman–Crippen LogP) is 0.544. The van der Waals surface area contributed by atoms with Crippen molar-refractivity contribution < 1.29 is 14.6 Å². The second-order valence-electron chi connectivity index (χ2n) is 2.93. The van der Waals surface area contributed by atoms with Crippen molar-refractivity contribution in [2.45, 2.75) is 25.5 Å². The number of aliphatic hydroxyl groups excluding tert-OH is 2. The van der Waals surface area contributed by atoms with Gasteiger partial charge in [0.2, 0.25) is 0 Å². The summed E-state index contributed by atoms with van der Waals surface area (Å²) in [5.41, 5.74) is 5.76. The van der Waals surface area contributed by atoms with E-state index in [0.717, 1.165) is 0 Å². The Hall–Kier alpha value is -0.840. The average Bonchev–Trinajstić information content (AvgIpc) is 2.62. The molecule has 1 rings (SSSR count). The van der Waals surface area contributed by atoms with Crippen LogP contribution >= 0.6 is 0 Å². The predicted molar refractivity (Wildman–Crippen MR) is 47.9 cm³/mol. The minimum absolute atomic E-state index is 0.104. The van der Waals surface area contributed by atoms with Crippen molar-refractivity contribution in [2.24, 2.45) is 5.73 Å². The summed E-state index contributed by atoms with van der Waals surface area (Å²) in [6, 6.07) is 3.27. The molecule has 0 aliphatic heterocycles. The summed E-state index contributed by atoms with van der Waals surface area (Å²) in [4.78, 5) is 0. The molecule has 4 N–H and O–H groups in total. The van der Waals surface area contributed by atoms with Gasteiger partial charge in [-0.25, -0.2) is 0 Å². The molecule has 1 aromatic rings. The van der Waals surface area contributed by atoms with Gasteiger partial charge in [0.15, 0.2) is 0 Å². The molecule has 0 aromatic carbocycles. The molecule has 0 radical (unpaired) electrons. The van der Waals surface area contributed by atoms with Crippen LogP contribution in [0.4, 0.5) is 0 Å². The lowest BCUT2D eigenvalue weighted by Crippen LogP contribution is -2.09. The first kappa shape index (κ1) is 10.2. The van der Waals surface area contributed by atoms with Crippen molar-refractivity contribution in [3.05, 3.63) is 23.7 Å². The maximum absolute atomic E-state index is 8.73. The van der Waals surface area contributed by atoms with Gasteiger partial charge in [-0.3, -0.25) is 0 Å². The first-order chi connectivity index (χ1) is 6.27.